The lowest BCUT2D eigenvalue weighted by molar-refractivity contribution is -0.136. The highest BCUT2D eigenvalue weighted by atomic mass is 19.4. The fourth-order valence-corrected chi connectivity index (χ4v) is 2.17. The molecule has 0 atom stereocenters. The number of carbonyl (C=O) groups is 1. The quantitative estimate of drug-likeness (QED) is 0.666. The number of pyridine rings is 1. The zero-order valence-electron chi connectivity index (χ0n) is 12.8. The van der Waals surface area contributed by atoms with Gasteiger partial charge in [0.05, 0.1) is 30.2 Å². The van der Waals surface area contributed by atoms with Crippen molar-refractivity contribution in [1.29, 1.82) is 0 Å². The van der Waals surface area contributed by atoms with Crippen LogP contribution in [0.1, 0.15) is 5.56 Å². The molecule has 0 saturated heterocycles. The van der Waals surface area contributed by atoms with Crippen LogP contribution in [-0.4, -0.2) is 28.2 Å². The van der Waals surface area contributed by atoms with Crippen molar-refractivity contribution in [3.63, 3.8) is 0 Å². The number of amides is 1. The summed E-state index contributed by atoms with van der Waals surface area (Å²) in [5, 5.41) is 5.03. The van der Waals surface area contributed by atoms with Crippen LogP contribution in [0.3, 0.4) is 0 Å². The number of benzene rings is 1. The Balaban J connectivity index is 1.89. The van der Waals surface area contributed by atoms with Gasteiger partial charge in [-0.2, -0.15) is 13.2 Å². The number of halogens is 3. The van der Waals surface area contributed by atoms with Gasteiger partial charge in [0.25, 0.3) is 0 Å². The Bertz CT molecular complexity index is 923. The molecule has 10 heteroatoms. The number of aromatic amines is 1. The maximum Gasteiger partial charge on any atom is 0.418 e. The van der Waals surface area contributed by atoms with Crippen LogP contribution in [-0.2, 0) is 10.9 Å². The molecule has 1 aromatic carbocycles. The zero-order chi connectivity index (χ0) is 18.0. The van der Waals surface area contributed by atoms with Gasteiger partial charge in [-0.15, -0.1) is 0 Å². The van der Waals surface area contributed by atoms with Crippen molar-refractivity contribution in [1.82, 2.24) is 15.0 Å². The Morgan fingerprint density at radius 3 is 2.76 bits per heavy atom. The highest BCUT2D eigenvalue weighted by Gasteiger charge is 2.33. The predicted molar refractivity (Wildman–Crippen MR) is 84.6 cm³/mol. The molecule has 1 amide bonds. The van der Waals surface area contributed by atoms with E-state index in [-0.39, 0.29) is 11.6 Å². The smallest absolute Gasteiger partial charge is 0.418 e. The van der Waals surface area contributed by atoms with Gasteiger partial charge in [0.2, 0.25) is 5.95 Å². The minimum atomic E-state index is -4.48. The van der Waals surface area contributed by atoms with Crippen molar-refractivity contribution in [3.05, 3.63) is 42.1 Å². The fraction of sp³-hybridized carbons (Fsp3) is 0.133. The Hall–Kier alpha value is -3.30. The van der Waals surface area contributed by atoms with Crippen molar-refractivity contribution in [2.45, 2.75) is 6.18 Å². The first kappa shape index (κ1) is 16.6. The van der Waals surface area contributed by atoms with Crippen LogP contribution < -0.4 is 10.6 Å². The second-order valence-electron chi connectivity index (χ2n) is 4.96. The number of rotatable bonds is 3. The Kier molecular flexibility index (Phi) is 4.17. The maximum absolute atomic E-state index is 13.0. The van der Waals surface area contributed by atoms with Crippen LogP contribution >= 0.6 is 0 Å². The molecule has 0 spiro atoms. The summed E-state index contributed by atoms with van der Waals surface area (Å²) >= 11 is 0. The van der Waals surface area contributed by atoms with Crippen LogP contribution in [0.25, 0.3) is 11.2 Å². The third-order valence-electron chi connectivity index (χ3n) is 3.25. The minimum Gasteiger partial charge on any atom is -0.453 e. The number of hydrogen-bond donors (Lipinski definition) is 3. The third kappa shape index (κ3) is 3.62. The van der Waals surface area contributed by atoms with E-state index in [1.807, 2.05) is 0 Å². The lowest BCUT2D eigenvalue weighted by Crippen LogP contribution is -2.11. The average molecular weight is 351 g/mol. The van der Waals surface area contributed by atoms with E-state index in [0.717, 1.165) is 6.07 Å². The number of nitrogens with zero attached hydrogens (tertiary/aromatic N) is 2. The molecule has 130 valence electrons. The van der Waals surface area contributed by atoms with Gasteiger partial charge in [-0.1, -0.05) is 12.1 Å². The summed E-state index contributed by atoms with van der Waals surface area (Å²) in [6.07, 6.45) is -3.84. The molecule has 0 aliphatic heterocycles. The molecule has 2 aromatic heterocycles. The largest absolute Gasteiger partial charge is 0.453 e. The second kappa shape index (κ2) is 6.30. The van der Waals surface area contributed by atoms with Crippen LogP contribution in [0.2, 0.25) is 0 Å². The van der Waals surface area contributed by atoms with E-state index >= 15 is 0 Å². The SMILES string of the molecule is COC(=O)Nc1nc2cc(Nc3ccccc3C(F)(F)F)cnc2[nH]1. The summed E-state index contributed by atoms with van der Waals surface area (Å²) in [5.41, 5.74) is 0.159. The molecule has 7 nitrogen and oxygen atoms in total. The molecule has 0 saturated carbocycles. The van der Waals surface area contributed by atoms with Crippen LogP contribution in [0.4, 0.5) is 35.3 Å². The summed E-state index contributed by atoms with van der Waals surface area (Å²) in [6.45, 7) is 0. The fourth-order valence-electron chi connectivity index (χ4n) is 2.17. The number of methoxy groups -OCH3 is 1. The van der Waals surface area contributed by atoms with Gasteiger partial charge < -0.3 is 15.0 Å². The molecule has 0 radical (unpaired) electrons. The molecule has 3 N–H and O–H groups in total. The minimum absolute atomic E-state index is 0.0976. The van der Waals surface area contributed by atoms with E-state index in [1.54, 1.807) is 0 Å². The van der Waals surface area contributed by atoms with Crippen molar-refractivity contribution >= 4 is 34.6 Å². The first-order valence-corrected chi connectivity index (χ1v) is 7.01. The van der Waals surface area contributed by atoms with E-state index in [4.69, 9.17) is 0 Å². The van der Waals surface area contributed by atoms with Gasteiger partial charge in [-0.25, -0.2) is 14.8 Å². The molecule has 3 aromatic rings. The van der Waals surface area contributed by atoms with Crippen LogP contribution in [0, 0.1) is 0 Å². The molecule has 2 heterocycles. The Morgan fingerprint density at radius 1 is 1.28 bits per heavy atom. The number of H-pyrrole nitrogens is 1. The van der Waals surface area contributed by atoms with E-state index < -0.39 is 17.8 Å². The van der Waals surface area contributed by atoms with Crippen molar-refractivity contribution in [2.75, 3.05) is 17.7 Å². The molecule has 0 unspecified atom stereocenters. The number of alkyl halides is 3. The molecule has 25 heavy (non-hydrogen) atoms. The van der Waals surface area contributed by atoms with E-state index in [1.165, 1.54) is 37.6 Å². The van der Waals surface area contributed by atoms with Crippen LogP contribution in [0.15, 0.2) is 36.5 Å². The summed E-state index contributed by atoms with van der Waals surface area (Å²) in [7, 11) is 1.20. The summed E-state index contributed by atoms with van der Waals surface area (Å²) in [6, 6.07) is 6.63. The van der Waals surface area contributed by atoms with Crippen molar-refractivity contribution < 1.29 is 22.7 Å². The lowest BCUT2D eigenvalue weighted by Gasteiger charge is -2.14. The van der Waals surface area contributed by atoms with E-state index in [0.29, 0.717) is 16.9 Å². The van der Waals surface area contributed by atoms with Gasteiger partial charge in [-0.05, 0) is 18.2 Å². The zero-order valence-corrected chi connectivity index (χ0v) is 12.8. The normalized spacial score (nSPS) is 11.4. The van der Waals surface area contributed by atoms with E-state index in [2.05, 4.69) is 30.3 Å². The van der Waals surface area contributed by atoms with Gasteiger partial charge in [0.15, 0.2) is 5.65 Å². The van der Waals surface area contributed by atoms with Crippen molar-refractivity contribution in [3.8, 4) is 0 Å². The first-order chi connectivity index (χ1) is 11.9. The topological polar surface area (TPSA) is 91.9 Å². The standard InChI is InChI=1S/C15H12F3N5O2/c1-25-14(24)23-13-21-11-6-8(7-19-12(11)22-13)20-10-5-3-2-4-9(10)15(16,17)18/h2-7,20H,1H3,(H2,19,21,22,23,24). The molecular weight excluding hydrogens is 339 g/mol. The number of anilines is 3. The number of para-hydroxylation sites is 1. The summed E-state index contributed by atoms with van der Waals surface area (Å²) < 4.78 is 43.6. The first-order valence-electron chi connectivity index (χ1n) is 7.01. The van der Waals surface area contributed by atoms with E-state index in [9.17, 15) is 18.0 Å². The summed E-state index contributed by atoms with van der Waals surface area (Å²) in [5.74, 6) is 0.113. The predicted octanol–water partition coefficient (Wildman–Crippen LogP) is 3.90. The lowest BCUT2D eigenvalue weighted by atomic mass is 10.1. The monoisotopic (exact) mass is 351 g/mol. The average Bonchev–Trinajstić information content (AvgIpc) is 2.95. The number of carbonyl (C=O) groups excluding carboxylic acids is 1. The Labute approximate surface area is 139 Å². The van der Waals surface area contributed by atoms with Crippen molar-refractivity contribution in [2.24, 2.45) is 0 Å². The number of nitrogens with one attached hydrogen (secondary N) is 3. The van der Waals surface area contributed by atoms with Gasteiger partial charge >= 0.3 is 12.3 Å². The number of fused-ring (bicyclic) bond motifs is 1. The number of hydrogen-bond acceptors (Lipinski definition) is 5. The third-order valence-corrected chi connectivity index (χ3v) is 3.25. The number of ether oxygens (including phenoxy) is 1. The van der Waals surface area contributed by atoms with Gasteiger partial charge in [0.1, 0.15) is 5.52 Å². The highest BCUT2D eigenvalue weighted by Crippen LogP contribution is 2.35. The Morgan fingerprint density at radius 2 is 2.04 bits per heavy atom. The number of imidazole rings is 1. The second-order valence-corrected chi connectivity index (χ2v) is 4.96. The molecule has 0 bridgehead atoms. The van der Waals surface area contributed by atoms with Crippen LogP contribution in [0.5, 0.6) is 0 Å². The highest BCUT2D eigenvalue weighted by molar-refractivity contribution is 5.86. The molecule has 0 aliphatic carbocycles. The number of aromatic nitrogens is 3. The van der Waals surface area contributed by atoms with Gasteiger partial charge in [-0.3, -0.25) is 5.32 Å². The summed E-state index contributed by atoms with van der Waals surface area (Å²) in [4.78, 5) is 22.1. The molecule has 0 aliphatic rings. The molecule has 3 rings (SSSR count). The van der Waals surface area contributed by atoms with Gasteiger partial charge in [0, 0.05) is 0 Å². The molecule has 0 fully saturated rings. The maximum atomic E-state index is 13.0. The molecular formula is C15H12F3N5O2.